The molecule has 1 amide bonds. The second-order valence-electron chi connectivity index (χ2n) is 6.99. The van der Waals surface area contributed by atoms with E-state index in [1.54, 1.807) is 14.0 Å². The number of nitrogens with zero attached hydrogens (tertiary/aromatic N) is 1. The molecule has 3 rings (SSSR count). The van der Waals surface area contributed by atoms with Gasteiger partial charge >= 0.3 is 0 Å². The number of carbonyl (C=O) groups excluding carboxylic acids is 1. The van der Waals surface area contributed by atoms with E-state index in [9.17, 15) is 4.79 Å². The van der Waals surface area contributed by atoms with Crippen LogP contribution in [0.15, 0.2) is 24.3 Å². The number of para-hydroxylation sites is 1. The lowest BCUT2D eigenvalue weighted by atomic mass is 9.88. The van der Waals surface area contributed by atoms with Crippen LogP contribution >= 0.6 is 0 Å². The number of hydrogen-bond acceptors (Lipinski definition) is 4. The van der Waals surface area contributed by atoms with Gasteiger partial charge in [0.05, 0.1) is 18.8 Å². The van der Waals surface area contributed by atoms with E-state index in [2.05, 4.69) is 22.3 Å². The number of ether oxygens (including phenoxy) is 2. The van der Waals surface area contributed by atoms with Gasteiger partial charge in [-0.15, -0.1) is 0 Å². The minimum atomic E-state index is 0.0196. The summed E-state index contributed by atoms with van der Waals surface area (Å²) in [5.41, 5.74) is 1.27. The Kier molecular flexibility index (Phi) is 5.41. The number of rotatable bonds is 5. The monoisotopic (exact) mass is 332 g/mol. The van der Waals surface area contributed by atoms with Crippen LogP contribution in [-0.2, 0) is 16.1 Å². The van der Waals surface area contributed by atoms with Crippen molar-refractivity contribution in [2.45, 2.75) is 50.9 Å². The minimum Gasteiger partial charge on any atom is -0.496 e. The Morgan fingerprint density at radius 2 is 2.08 bits per heavy atom. The summed E-state index contributed by atoms with van der Waals surface area (Å²) < 4.78 is 11.8. The van der Waals surface area contributed by atoms with Gasteiger partial charge in [-0.2, -0.15) is 0 Å². The Morgan fingerprint density at radius 3 is 2.79 bits per heavy atom. The van der Waals surface area contributed by atoms with Crippen LogP contribution < -0.4 is 10.1 Å². The van der Waals surface area contributed by atoms with Gasteiger partial charge in [0, 0.05) is 38.7 Å². The fourth-order valence-corrected chi connectivity index (χ4v) is 3.86. The second-order valence-corrected chi connectivity index (χ2v) is 6.99. The summed E-state index contributed by atoms with van der Waals surface area (Å²) in [6.45, 7) is 5.22. The summed E-state index contributed by atoms with van der Waals surface area (Å²) in [6.07, 6.45) is 4.47. The van der Waals surface area contributed by atoms with Crippen molar-refractivity contribution in [1.82, 2.24) is 10.2 Å². The first kappa shape index (κ1) is 17.2. The predicted molar refractivity (Wildman–Crippen MR) is 93.0 cm³/mol. The first-order valence-electron chi connectivity index (χ1n) is 8.87. The lowest BCUT2D eigenvalue weighted by Crippen LogP contribution is -2.44. The van der Waals surface area contributed by atoms with E-state index in [0.29, 0.717) is 6.54 Å². The minimum absolute atomic E-state index is 0.0196. The summed E-state index contributed by atoms with van der Waals surface area (Å²) >= 11 is 0. The van der Waals surface area contributed by atoms with E-state index in [-0.39, 0.29) is 17.6 Å². The third-order valence-corrected chi connectivity index (χ3v) is 5.27. The van der Waals surface area contributed by atoms with Crippen LogP contribution in [0.25, 0.3) is 0 Å². The van der Waals surface area contributed by atoms with Gasteiger partial charge in [0.2, 0.25) is 5.91 Å². The molecule has 2 fully saturated rings. The molecule has 0 aliphatic carbocycles. The quantitative estimate of drug-likeness (QED) is 0.899. The van der Waals surface area contributed by atoms with E-state index in [1.807, 2.05) is 12.1 Å². The number of carbonyl (C=O) groups is 1. The fourth-order valence-electron chi connectivity index (χ4n) is 3.86. The molecule has 5 heteroatoms. The van der Waals surface area contributed by atoms with Crippen LogP contribution in [0.3, 0.4) is 0 Å². The molecule has 24 heavy (non-hydrogen) atoms. The molecule has 0 saturated carbocycles. The standard InChI is InChI=1S/C19H28N2O3/c1-15(22)20-13-17-7-8-19(24-17)9-11-21(12-10-19)14-16-5-3-4-6-18(16)23-2/h3-6,17H,7-14H2,1-2H3,(H,20,22). The molecule has 132 valence electrons. The van der Waals surface area contributed by atoms with Gasteiger partial charge in [0.15, 0.2) is 0 Å². The summed E-state index contributed by atoms with van der Waals surface area (Å²) in [4.78, 5) is 13.5. The summed E-state index contributed by atoms with van der Waals surface area (Å²) in [5, 5.41) is 2.88. The predicted octanol–water partition coefficient (Wildman–Crippen LogP) is 2.34. The van der Waals surface area contributed by atoms with Gasteiger partial charge in [-0.05, 0) is 31.7 Å². The van der Waals surface area contributed by atoms with E-state index in [4.69, 9.17) is 9.47 Å². The number of likely N-dealkylation sites (tertiary alicyclic amines) is 1. The molecule has 1 atom stereocenters. The normalized spacial score (nSPS) is 23.3. The molecule has 1 unspecified atom stereocenters. The number of piperidine rings is 1. The highest BCUT2D eigenvalue weighted by atomic mass is 16.5. The molecule has 0 aromatic heterocycles. The molecule has 5 nitrogen and oxygen atoms in total. The number of hydrogen-bond donors (Lipinski definition) is 1. The molecular formula is C19H28N2O3. The van der Waals surface area contributed by atoms with Crippen LogP contribution in [0.4, 0.5) is 0 Å². The third kappa shape index (κ3) is 4.08. The van der Waals surface area contributed by atoms with E-state index in [1.165, 1.54) is 5.56 Å². The van der Waals surface area contributed by atoms with Gasteiger partial charge < -0.3 is 14.8 Å². The number of nitrogens with one attached hydrogen (secondary N) is 1. The summed E-state index contributed by atoms with van der Waals surface area (Å²) in [7, 11) is 1.73. The maximum atomic E-state index is 11.1. The molecule has 1 aromatic rings. The average Bonchev–Trinajstić information content (AvgIpc) is 2.99. The Morgan fingerprint density at radius 1 is 1.33 bits per heavy atom. The summed E-state index contributed by atoms with van der Waals surface area (Å²) in [6, 6.07) is 8.23. The molecule has 2 heterocycles. The molecule has 0 bridgehead atoms. The zero-order valence-electron chi connectivity index (χ0n) is 14.7. The van der Waals surface area contributed by atoms with Crippen molar-refractivity contribution in [1.29, 1.82) is 0 Å². The number of amides is 1. The van der Waals surface area contributed by atoms with Crippen LogP contribution in [0.1, 0.15) is 38.2 Å². The van der Waals surface area contributed by atoms with Crippen molar-refractivity contribution >= 4 is 5.91 Å². The molecule has 1 spiro atoms. The van der Waals surface area contributed by atoms with Crippen molar-refractivity contribution in [3.8, 4) is 5.75 Å². The van der Waals surface area contributed by atoms with Crippen molar-refractivity contribution in [3.63, 3.8) is 0 Å². The van der Waals surface area contributed by atoms with Crippen LogP contribution in [0.2, 0.25) is 0 Å². The first-order chi connectivity index (χ1) is 11.6. The van der Waals surface area contributed by atoms with Gasteiger partial charge in [-0.1, -0.05) is 18.2 Å². The van der Waals surface area contributed by atoms with Gasteiger partial charge in [-0.3, -0.25) is 9.69 Å². The molecular weight excluding hydrogens is 304 g/mol. The Hall–Kier alpha value is -1.59. The van der Waals surface area contributed by atoms with Crippen LogP contribution in [-0.4, -0.2) is 49.3 Å². The zero-order valence-corrected chi connectivity index (χ0v) is 14.7. The highest BCUT2D eigenvalue weighted by molar-refractivity contribution is 5.72. The zero-order chi connectivity index (χ0) is 17.0. The first-order valence-corrected chi connectivity index (χ1v) is 8.87. The summed E-state index contributed by atoms with van der Waals surface area (Å²) in [5.74, 6) is 0.983. The molecule has 2 saturated heterocycles. The Labute approximate surface area is 144 Å². The fraction of sp³-hybridized carbons (Fsp3) is 0.632. The Bertz CT molecular complexity index is 567. The van der Waals surface area contributed by atoms with Crippen LogP contribution in [0.5, 0.6) is 5.75 Å². The molecule has 0 radical (unpaired) electrons. The highest BCUT2D eigenvalue weighted by Gasteiger charge is 2.42. The van der Waals surface area contributed by atoms with Crippen molar-refractivity contribution < 1.29 is 14.3 Å². The number of benzene rings is 1. The van der Waals surface area contributed by atoms with Gasteiger partial charge in [0.25, 0.3) is 0 Å². The molecule has 2 aliphatic rings. The third-order valence-electron chi connectivity index (χ3n) is 5.27. The molecule has 2 aliphatic heterocycles. The van der Waals surface area contributed by atoms with E-state index < -0.39 is 0 Å². The number of methoxy groups -OCH3 is 1. The average molecular weight is 332 g/mol. The maximum Gasteiger partial charge on any atom is 0.216 e. The van der Waals surface area contributed by atoms with Gasteiger partial charge in [0.1, 0.15) is 5.75 Å². The second kappa shape index (κ2) is 7.53. The van der Waals surface area contributed by atoms with E-state index in [0.717, 1.165) is 51.1 Å². The van der Waals surface area contributed by atoms with Crippen molar-refractivity contribution in [2.75, 3.05) is 26.7 Å². The van der Waals surface area contributed by atoms with Crippen molar-refractivity contribution in [3.05, 3.63) is 29.8 Å². The van der Waals surface area contributed by atoms with E-state index >= 15 is 0 Å². The lowest BCUT2D eigenvalue weighted by molar-refractivity contribution is -0.120. The molecule has 1 N–H and O–H groups in total. The van der Waals surface area contributed by atoms with Gasteiger partial charge in [-0.25, -0.2) is 0 Å². The topological polar surface area (TPSA) is 50.8 Å². The SMILES string of the molecule is COc1ccccc1CN1CCC2(CCC(CNC(C)=O)O2)CC1. The Balaban J connectivity index is 1.50. The van der Waals surface area contributed by atoms with Crippen LogP contribution in [0, 0.1) is 0 Å². The van der Waals surface area contributed by atoms with Crippen molar-refractivity contribution in [2.24, 2.45) is 0 Å². The highest BCUT2D eigenvalue weighted by Crippen LogP contribution is 2.39. The largest absolute Gasteiger partial charge is 0.496 e. The molecule has 1 aromatic carbocycles. The smallest absolute Gasteiger partial charge is 0.216 e. The maximum absolute atomic E-state index is 11.1. The lowest BCUT2D eigenvalue weighted by Gasteiger charge is -2.39.